The first-order valence-electron chi connectivity index (χ1n) is 14.4. The molecule has 0 amide bonds. The summed E-state index contributed by atoms with van der Waals surface area (Å²) in [7, 11) is 1.08. The Morgan fingerprint density at radius 2 is 1.51 bits per heavy atom. The van der Waals surface area contributed by atoms with Crippen LogP contribution in [0, 0.1) is 0 Å². The minimum Gasteiger partial charge on any atom is -0.756 e. The van der Waals surface area contributed by atoms with Crippen LogP contribution in [0.3, 0.4) is 0 Å². The number of hydrogen-bond acceptors (Lipinski definition) is 9. The first-order chi connectivity index (χ1) is 19.3. The number of likely N-dealkylation sites (N-methyl/N-ethyl adjacent to an activating group) is 1. The number of esters is 2. The number of unbranched alkanes of at least 4 members (excludes halogenated alkanes) is 1. The molecule has 236 valence electrons. The molecule has 0 bridgehead atoms. The summed E-state index contributed by atoms with van der Waals surface area (Å²) >= 11 is 0. The molecule has 0 aliphatic heterocycles. The first-order valence-corrected chi connectivity index (χ1v) is 15.8. The van der Waals surface area contributed by atoms with Crippen LogP contribution >= 0.6 is 7.82 Å². The van der Waals surface area contributed by atoms with Crippen molar-refractivity contribution in [3.05, 3.63) is 48.6 Å². The summed E-state index contributed by atoms with van der Waals surface area (Å²) in [4.78, 5) is 35.4. The van der Waals surface area contributed by atoms with Crippen molar-refractivity contribution in [2.75, 3.05) is 47.5 Å². The van der Waals surface area contributed by atoms with Crippen molar-refractivity contribution < 1.29 is 47.2 Å². The average Bonchev–Trinajstić information content (AvgIpc) is 2.87. The monoisotopic (exact) mass is 601 g/mol. The van der Waals surface area contributed by atoms with Gasteiger partial charge in [-0.25, -0.2) is 0 Å². The highest BCUT2D eigenvalue weighted by Crippen LogP contribution is 2.38. The molecule has 0 radical (unpaired) electrons. The largest absolute Gasteiger partial charge is 0.756 e. The molecule has 0 aliphatic rings. The van der Waals surface area contributed by atoms with E-state index in [1.807, 2.05) is 39.4 Å². The highest BCUT2D eigenvalue weighted by Gasteiger charge is 2.21. The van der Waals surface area contributed by atoms with E-state index in [1.165, 1.54) is 6.92 Å². The minimum absolute atomic E-state index is 0.0524. The van der Waals surface area contributed by atoms with Crippen molar-refractivity contribution in [1.29, 1.82) is 0 Å². The fraction of sp³-hybridized carbons (Fsp3) is 0.667. The van der Waals surface area contributed by atoms with Crippen molar-refractivity contribution in [3.8, 4) is 0 Å². The Kier molecular flexibility index (Phi) is 22.3. The van der Waals surface area contributed by atoms with Crippen LogP contribution in [0.5, 0.6) is 0 Å². The van der Waals surface area contributed by atoms with E-state index in [0.29, 0.717) is 30.3 Å². The van der Waals surface area contributed by atoms with Gasteiger partial charge in [0, 0.05) is 13.3 Å². The molecule has 0 aromatic carbocycles. The molecule has 0 saturated heterocycles. The summed E-state index contributed by atoms with van der Waals surface area (Å²) in [6, 6.07) is 0. The first kappa shape index (κ1) is 38.9. The molecule has 0 aromatic rings. The van der Waals surface area contributed by atoms with Gasteiger partial charge in [0.1, 0.15) is 19.8 Å². The number of aliphatic hydroxyl groups excluding tert-OH is 1. The lowest BCUT2D eigenvalue weighted by molar-refractivity contribution is -0.870. The van der Waals surface area contributed by atoms with Crippen LogP contribution in [0.15, 0.2) is 48.6 Å². The zero-order valence-electron chi connectivity index (χ0n) is 25.6. The van der Waals surface area contributed by atoms with E-state index in [9.17, 15) is 24.2 Å². The predicted octanol–water partition coefficient (Wildman–Crippen LogP) is 4.79. The molecule has 0 rings (SSSR count). The molecule has 0 aromatic heterocycles. The maximum atomic E-state index is 12.2. The third-order valence-corrected chi connectivity index (χ3v) is 6.43. The topological polar surface area (TPSA) is 131 Å². The van der Waals surface area contributed by atoms with Gasteiger partial charge >= 0.3 is 11.9 Å². The van der Waals surface area contributed by atoms with Gasteiger partial charge in [-0.05, 0) is 44.9 Å². The Morgan fingerprint density at radius 3 is 2.07 bits per heavy atom. The van der Waals surface area contributed by atoms with Gasteiger partial charge in [0.2, 0.25) is 0 Å². The summed E-state index contributed by atoms with van der Waals surface area (Å²) < 4.78 is 32.4. The number of nitrogens with zero attached hydrogens (tertiary/aromatic N) is 1. The number of hydrogen-bond donors (Lipinski definition) is 1. The van der Waals surface area contributed by atoms with E-state index in [2.05, 4.69) is 37.3 Å². The third-order valence-electron chi connectivity index (χ3n) is 5.47. The maximum absolute atomic E-state index is 12.2. The molecule has 1 N–H and O–H groups in total. The Labute approximate surface area is 246 Å². The Morgan fingerprint density at radius 1 is 0.927 bits per heavy atom. The summed E-state index contributed by atoms with van der Waals surface area (Å²) in [5.74, 6) is -1.12. The maximum Gasteiger partial charge on any atom is 0.306 e. The van der Waals surface area contributed by atoms with Gasteiger partial charge in [0.15, 0.2) is 6.10 Å². The highest BCUT2D eigenvalue weighted by molar-refractivity contribution is 7.45. The summed E-state index contributed by atoms with van der Waals surface area (Å²) in [5, 5.41) is 9.66. The number of quaternary nitrogens is 1. The van der Waals surface area contributed by atoms with Gasteiger partial charge in [-0.3, -0.25) is 14.2 Å². The quantitative estimate of drug-likeness (QED) is 0.0546. The SMILES string of the molecule is CCCC(O)C/C=C\C/C=C\C/C=C\C/C=C\CCCC(=O)O[C@H](COC(C)=O)COP(=O)([O-])OCC[N+](C)(C)C. The molecule has 0 fully saturated rings. The van der Waals surface area contributed by atoms with Crippen molar-refractivity contribution in [3.63, 3.8) is 0 Å². The normalized spacial score (nSPS) is 15.6. The summed E-state index contributed by atoms with van der Waals surface area (Å²) in [6.07, 6.45) is 21.6. The molecule has 0 saturated carbocycles. The molecule has 0 aliphatic carbocycles. The number of phosphoric ester groups is 1. The third kappa shape index (κ3) is 27.9. The molecule has 2 unspecified atom stereocenters. The zero-order chi connectivity index (χ0) is 31.0. The molecule has 10 nitrogen and oxygen atoms in total. The highest BCUT2D eigenvalue weighted by atomic mass is 31.2. The Hall–Kier alpha value is -2.07. The van der Waals surface area contributed by atoms with Crippen molar-refractivity contribution in [2.45, 2.75) is 83.8 Å². The number of allylic oxidation sites excluding steroid dienone is 7. The lowest BCUT2D eigenvalue weighted by Crippen LogP contribution is -2.37. The fourth-order valence-corrected chi connectivity index (χ4v) is 3.94. The van der Waals surface area contributed by atoms with Gasteiger partial charge in [0.25, 0.3) is 7.82 Å². The van der Waals surface area contributed by atoms with E-state index >= 15 is 0 Å². The lowest BCUT2D eigenvalue weighted by Gasteiger charge is -2.28. The number of phosphoric acid groups is 1. The molecule has 0 spiro atoms. The van der Waals surface area contributed by atoms with Gasteiger partial charge in [-0.15, -0.1) is 0 Å². The lowest BCUT2D eigenvalue weighted by atomic mass is 10.1. The molecule has 41 heavy (non-hydrogen) atoms. The van der Waals surface area contributed by atoms with Gasteiger partial charge in [-0.1, -0.05) is 62.0 Å². The van der Waals surface area contributed by atoms with Crippen molar-refractivity contribution in [1.82, 2.24) is 0 Å². The van der Waals surface area contributed by atoms with Gasteiger partial charge < -0.3 is 33.0 Å². The van der Waals surface area contributed by atoms with E-state index in [-0.39, 0.29) is 25.7 Å². The Bertz CT molecular complexity index is 878. The molecule has 0 heterocycles. The van der Waals surface area contributed by atoms with E-state index < -0.39 is 32.5 Å². The number of ether oxygens (including phenoxy) is 2. The van der Waals surface area contributed by atoms with Crippen LogP contribution in [-0.4, -0.2) is 81.2 Å². The average molecular weight is 602 g/mol. The van der Waals surface area contributed by atoms with Gasteiger partial charge in [-0.2, -0.15) is 0 Å². The van der Waals surface area contributed by atoms with Crippen LogP contribution < -0.4 is 4.89 Å². The van der Waals surface area contributed by atoms with Crippen LogP contribution in [0.2, 0.25) is 0 Å². The predicted molar refractivity (Wildman–Crippen MR) is 159 cm³/mol. The fourth-order valence-electron chi connectivity index (χ4n) is 3.21. The summed E-state index contributed by atoms with van der Waals surface area (Å²) in [6.45, 7) is 2.84. The van der Waals surface area contributed by atoms with Crippen LogP contribution in [-0.2, 0) is 32.7 Å². The van der Waals surface area contributed by atoms with Crippen LogP contribution in [0.25, 0.3) is 0 Å². The second kappa shape index (κ2) is 23.5. The minimum atomic E-state index is -4.60. The van der Waals surface area contributed by atoms with Crippen LogP contribution in [0.4, 0.5) is 0 Å². The van der Waals surface area contributed by atoms with E-state index in [4.69, 9.17) is 18.5 Å². The Balaban J connectivity index is 4.22. The second-order valence-electron chi connectivity index (χ2n) is 10.7. The van der Waals surface area contributed by atoms with E-state index in [0.717, 1.165) is 32.1 Å². The van der Waals surface area contributed by atoms with Crippen molar-refractivity contribution >= 4 is 19.8 Å². The zero-order valence-corrected chi connectivity index (χ0v) is 26.5. The number of carbonyl (C=O) groups excluding carboxylic acids is 2. The number of rotatable bonds is 24. The van der Waals surface area contributed by atoms with Crippen LogP contribution in [0.1, 0.15) is 71.6 Å². The molecular weight excluding hydrogens is 549 g/mol. The standard InChI is InChI=1S/C30H52NO9P/c1-6-20-28(33)21-18-16-14-12-10-8-7-9-11-13-15-17-19-22-30(34)40-29(25-37-27(2)32)26-39-41(35,36)38-24-23-31(3,4)5/h7,9-10,12-13,15-16,18,28-29,33H,6,8,11,14,17,19-26H2,1-5H3/b9-7-,12-10-,15-13-,18-16-/t28?,29-/m1/s1. The van der Waals surface area contributed by atoms with Crippen molar-refractivity contribution in [2.24, 2.45) is 0 Å². The molecule has 11 heteroatoms. The van der Waals surface area contributed by atoms with Gasteiger partial charge in [0.05, 0.1) is 33.9 Å². The molecular formula is C30H52NO9P. The number of carbonyl (C=O) groups is 2. The second-order valence-corrected chi connectivity index (χ2v) is 12.1. The number of aliphatic hydroxyl groups is 1. The molecule has 3 atom stereocenters. The smallest absolute Gasteiger partial charge is 0.306 e. The van der Waals surface area contributed by atoms with E-state index in [1.54, 1.807) is 0 Å². The summed E-state index contributed by atoms with van der Waals surface area (Å²) in [5.41, 5.74) is 0.